The number of hydrogen-bond donors (Lipinski definition) is 2. The molecule has 2 aromatic heterocycles. The van der Waals surface area contributed by atoms with Gasteiger partial charge in [-0.25, -0.2) is 4.98 Å². The van der Waals surface area contributed by atoms with Gasteiger partial charge in [0.25, 0.3) is 5.91 Å². The second kappa shape index (κ2) is 5.95. The van der Waals surface area contributed by atoms with Crippen LogP contribution >= 0.6 is 0 Å². The van der Waals surface area contributed by atoms with E-state index < -0.39 is 0 Å². The highest BCUT2D eigenvalue weighted by Crippen LogP contribution is 2.16. The molecule has 0 aliphatic carbocycles. The third kappa shape index (κ3) is 3.07. The monoisotopic (exact) mass is 256 g/mol. The van der Waals surface area contributed by atoms with Gasteiger partial charge in [0, 0.05) is 25.1 Å². The van der Waals surface area contributed by atoms with Crippen molar-refractivity contribution >= 4 is 17.4 Å². The molecule has 0 fully saturated rings. The largest absolute Gasteiger partial charge is 0.385 e. The SMILES string of the molecule is CCNc1ccncc1C(=O)Nc1ncccc1C. The van der Waals surface area contributed by atoms with Crippen molar-refractivity contribution in [2.75, 3.05) is 17.2 Å². The van der Waals surface area contributed by atoms with Crippen LogP contribution in [0.2, 0.25) is 0 Å². The highest BCUT2D eigenvalue weighted by Gasteiger charge is 2.12. The second-order valence-corrected chi connectivity index (χ2v) is 4.07. The number of aryl methyl sites for hydroxylation is 1. The smallest absolute Gasteiger partial charge is 0.260 e. The van der Waals surface area contributed by atoms with E-state index in [0.29, 0.717) is 11.4 Å². The molecule has 0 saturated carbocycles. The topological polar surface area (TPSA) is 66.9 Å². The van der Waals surface area contributed by atoms with Crippen molar-refractivity contribution in [1.29, 1.82) is 0 Å². The summed E-state index contributed by atoms with van der Waals surface area (Å²) in [6.45, 7) is 4.62. The first-order valence-electron chi connectivity index (χ1n) is 6.13. The Hall–Kier alpha value is -2.43. The lowest BCUT2D eigenvalue weighted by Crippen LogP contribution is -2.16. The maximum atomic E-state index is 12.2. The number of nitrogens with one attached hydrogen (secondary N) is 2. The minimum atomic E-state index is -0.217. The predicted molar refractivity (Wildman–Crippen MR) is 75.3 cm³/mol. The van der Waals surface area contributed by atoms with E-state index in [-0.39, 0.29) is 5.91 Å². The molecule has 0 aliphatic rings. The molecule has 0 unspecified atom stereocenters. The summed E-state index contributed by atoms with van der Waals surface area (Å²) in [5.41, 5.74) is 2.20. The van der Waals surface area contributed by atoms with E-state index in [2.05, 4.69) is 20.6 Å². The summed E-state index contributed by atoms with van der Waals surface area (Å²) in [6.07, 6.45) is 4.85. The van der Waals surface area contributed by atoms with Crippen LogP contribution in [-0.2, 0) is 0 Å². The summed E-state index contributed by atoms with van der Waals surface area (Å²) in [4.78, 5) is 20.4. The van der Waals surface area contributed by atoms with Gasteiger partial charge in [-0.15, -0.1) is 0 Å². The maximum absolute atomic E-state index is 12.2. The molecule has 1 amide bonds. The molecule has 98 valence electrons. The van der Waals surface area contributed by atoms with Crippen LogP contribution in [0.4, 0.5) is 11.5 Å². The summed E-state index contributed by atoms with van der Waals surface area (Å²) < 4.78 is 0. The number of rotatable bonds is 4. The Labute approximate surface area is 112 Å². The van der Waals surface area contributed by atoms with Gasteiger partial charge in [-0.3, -0.25) is 9.78 Å². The lowest BCUT2D eigenvalue weighted by Gasteiger charge is -2.11. The Morgan fingerprint density at radius 2 is 2.16 bits per heavy atom. The van der Waals surface area contributed by atoms with Crippen molar-refractivity contribution in [1.82, 2.24) is 9.97 Å². The summed E-state index contributed by atoms with van der Waals surface area (Å²) in [7, 11) is 0. The molecule has 2 heterocycles. The zero-order valence-corrected chi connectivity index (χ0v) is 11.0. The minimum Gasteiger partial charge on any atom is -0.385 e. The van der Waals surface area contributed by atoms with Crippen LogP contribution in [0, 0.1) is 6.92 Å². The molecule has 2 aromatic rings. The number of nitrogens with zero attached hydrogens (tertiary/aromatic N) is 2. The molecular weight excluding hydrogens is 240 g/mol. The van der Waals surface area contributed by atoms with Gasteiger partial charge in [-0.05, 0) is 31.5 Å². The first-order valence-corrected chi connectivity index (χ1v) is 6.13. The normalized spacial score (nSPS) is 10.0. The molecule has 0 spiro atoms. The number of amides is 1. The van der Waals surface area contributed by atoms with Gasteiger partial charge < -0.3 is 10.6 Å². The molecule has 5 nitrogen and oxygen atoms in total. The standard InChI is InChI=1S/C14H16N4O/c1-3-16-12-6-8-15-9-11(12)14(19)18-13-10(2)5-4-7-17-13/h4-9H,3H2,1-2H3,(H,15,16)(H,17,18,19). The lowest BCUT2D eigenvalue weighted by atomic mass is 10.2. The maximum Gasteiger partial charge on any atom is 0.260 e. The predicted octanol–water partition coefficient (Wildman–Crippen LogP) is 2.47. The number of pyridine rings is 2. The fourth-order valence-corrected chi connectivity index (χ4v) is 1.71. The molecule has 0 bridgehead atoms. The van der Waals surface area contributed by atoms with Gasteiger partial charge in [0.1, 0.15) is 5.82 Å². The van der Waals surface area contributed by atoms with Crippen LogP contribution in [0.15, 0.2) is 36.8 Å². The van der Waals surface area contributed by atoms with E-state index >= 15 is 0 Å². The molecule has 0 aliphatic heterocycles. The quantitative estimate of drug-likeness (QED) is 0.881. The Balaban J connectivity index is 2.23. The lowest BCUT2D eigenvalue weighted by molar-refractivity contribution is 0.102. The van der Waals surface area contributed by atoms with Crippen molar-refractivity contribution in [2.24, 2.45) is 0 Å². The third-order valence-corrected chi connectivity index (χ3v) is 2.67. The Bertz CT molecular complexity index is 583. The van der Waals surface area contributed by atoms with Crippen LogP contribution in [0.3, 0.4) is 0 Å². The Morgan fingerprint density at radius 1 is 1.32 bits per heavy atom. The Morgan fingerprint density at radius 3 is 2.89 bits per heavy atom. The van der Waals surface area contributed by atoms with Crippen LogP contribution in [-0.4, -0.2) is 22.4 Å². The summed E-state index contributed by atoms with van der Waals surface area (Å²) >= 11 is 0. The van der Waals surface area contributed by atoms with Gasteiger partial charge in [-0.2, -0.15) is 0 Å². The van der Waals surface area contributed by atoms with Crippen LogP contribution in [0.5, 0.6) is 0 Å². The average molecular weight is 256 g/mol. The number of anilines is 2. The summed E-state index contributed by atoms with van der Waals surface area (Å²) in [5.74, 6) is 0.352. The van der Waals surface area contributed by atoms with Crippen molar-refractivity contribution in [3.8, 4) is 0 Å². The van der Waals surface area contributed by atoms with Gasteiger partial charge >= 0.3 is 0 Å². The molecule has 2 N–H and O–H groups in total. The highest BCUT2D eigenvalue weighted by molar-refractivity contribution is 6.07. The first kappa shape index (κ1) is 13.0. The van der Waals surface area contributed by atoms with E-state index in [1.54, 1.807) is 24.7 Å². The average Bonchev–Trinajstić information content (AvgIpc) is 2.42. The molecule has 19 heavy (non-hydrogen) atoms. The summed E-state index contributed by atoms with van der Waals surface area (Å²) in [5, 5.41) is 5.93. The molecule has 5 heteroatoms. The zero-order valence-electron chi connectivity index (χ0n) is 11.0. The van der Waals surface area contributed by atoms with Gasteiger partial charge in [0.15, 0.2) is 0 Å². The second-order valence-electron chi connectivity index (χ2n) is 4.07. The van der Waals surface area contributed by atoms with E-state index in [0.717, 1.165) is 17.8 Å². The number of carbonyl (C=O) groups is 1. The molecule has 0 aromatic carbocycles. The number of carbonyl (C=O) groups excluding carboxylic acids is 1. The molecular formula is C14H16N4O. The fraction of sp³-hybridized carbons (Fsp3) is 0.214. The van der Waals surface area contributed by atoms with Crippen molar-refractivity contribution in [3.63, 3.8) is 0 Å². The number of aromatic nitrogens is 2. The molecule has 2 rings (SSSR count). The third-order valence-electron chi connectivity index (χ3n) is 2.67. The van der Waals surface area contributed by atoms with Crippen molar-refractivity contribution < 1.29 is 4.79 Å². The van der Waals surface area contributed by atoms with E-state index in [1.165, 1.54) is 0 Å². The number of hydrogen-bond acceptors (Lipinski definition) is 4. The van der Waals surface area contributed by atoms with Crippen LogP contribution in [0.1, 0.15) is 22.8 Å². The molecule has 0 atom stereocenters. The van der Waals surface area contributed by atoms with Crippen molar-refractivity contribution in [2.45, 2.75) is 13.8 Å². The van der Waals surface area contributed by atoms with Gasteiger partial charge in [0.05, 0.1) is 11.3 Å². The van der Waals surface area contributed by atoms with Gasteiger partial charge in [0.2, 0.25) is 0 Å². The Kier molecular flexibility index (Phi) is 4.07. The minimum absolute atomic E-state index is 0.217. The summed E-state index contributed by atoms with van der Waals surface area (Å²) in [6, 6.07) is 5.51. The fourth-order valence-electron chi connectivity index (χ4n) is 1.71. The van der Waals surface area contributed by atoms with Crippen LogP contribution < -0.4 is 10.6 Å². The molecule has 0 saturated heterocycles. The van der Waals surface area contributed by atoms with E-state index in [4.69, 9.17) is 0 Å². The zero-order chi connectivity index (χ0) is 13.7. The van der Waals surface area contributed by atoms with E-state index in [9.17, 15) is 4.79 Å². The highest BCUT2D eigenvalue weighted by atomic mass is 16.1. The first-order chi connectivity index (χ1) is 9.22. The van der Waals surface area contributed by atoms with Crippen LogP contribution in [0.25, 0.3) is 0 Å². The van der Waals surface area contributed by atoms with Crippen molar-refractivity contribution in [3.05, 3.63) is 47.9 Å². The molecule has 0 radical (unpaired) electrons. The van der Waals surface area contributed by atoms with Gasteiger partial charge in [-0.1, -0.05) is 6.07 Å². The van der Waals surface area contributed by atoms with E-state index in [1.807, 2.05) is 26.0 Å².